The fraction of sp³-hybridized carbons (Fsp3) is 0.481. The molecule has 0 aliphatic rings. The lowest BCUT2D eigenvalue weighted by molar-refractivity contribution is -0.137. The molecule has 184 valence electrons. The van der Waals surface area contributed by atoms with Gasteiger partial charge in [0.2, 0.25) is 0 Å². The van der Waals surface area contributed by atoms with E-state index in [4.69, 9.17) is 26.7 Å². The van der Waals surface area contributed by atoms with E-state index in [9.17, 15) is 9.59 Å². The van der Waals surface area contributed by atoms with Crippen molar-refractivity contribution in [1.29, 1.82) is 0 Å². The number of amides is 1. The van der Waals surface area contributed by atoms with Gasteiger partial charge in [0.05, 0.1) is 22.4 Å². The van der Waals surface area contributed by atoms with Crippen molar-refractivity contribution in [1.82, 2.24) is 14.9 Å². The normalized spacial score (nSPS) is 11.9. The number of aryl methyl sites for hydroxylation is 1. The molecule has 7 heteroatoms. The predicted molar refractivity (Wildman–Crippen MR) is 139 cm³/mol. The molecule has 2 aromatic rings. The number of alkyl halides is 1. The van der Waals surface area contributed by atoms with E-state index in [-0.39, 0.29) is 12.3 Å². The van der Waals surface area contributed by atoms with Crippen molar-refractivity contribution in [3.8, 4) is 0 Å². The Kier molecular flexibility index (Phi) is 11.7. The number of rotatable bonds is 14. The smallest absolute Gasteiger partial charge is 0.303 e. The molecular formula is C27H36ClN3O3. The van der Waals surface area contributed by atoms with Gasteiger partial charge in [0.1, 0.15) is 0 Å². The van der Waals surface area contributed by atoms with Crippen molar-refractivity contribution >= 4 is 40.1 Å². The third kappa shape index (κ3) is 7.94. The van der Waals surface area contributed by atoms with Gasteiger partial charge in [0.25, 0.3) is 5.91 Å². The fourth-order valence-electron chi connectivity index (χ4n) is 3.80. The van der Waals surface area contributed by atoms with Crippen LogP contribution < -0.4 is 0 Å². The fourth-order valence-corrected chi connectivity index (χ4v) is 3.89. The van der Waals surface area contributed by atoms with Crippen LogP contribution in [0.4, 0.5) is 0 Å². The molecular weight excluding hydrogens is 450 g/mol. The lowest BCUT2D eigenvalue weighted by atomic mass is 10.0. The van der Waals surface area contributed by atoms with Crippen molar-refractivity contribution < 1.29 is 14.7 Å². The van der Waals surface area contributed by atoms with E-state index in [2.05, 4.69) is 13.8 Å². The van der Waals surface area contributed by atoms with Gasteiger partial charge in [-0.1, -0.05) is 38.5 Å². The van der Waals surface area contributed by atoms with Gasteiger partial charge in [-0.2, -0.15) is 0 Å². The van der Waals surface area contributed by atoms with Crippen LogP contribution in [0.3, 0.4) is 0 Å². The highest BCUT2D eigenvalue weighted by molar-refractivity contribution is 6.19. The van der Waals surface area contributed by atoms with Crippen LogP contribution in [0.2, 0.25) is 0 Å². The zero-order chi connectivity index (χ0) is 24.9. The number of hydrogen-bond acceptors (Lipinski definition) is 4. The summed E-state index contributed by atoms with van der Waals surface area (Å²) in [5.74, 6) is -0.388. The third-order valence-corrected chi connectivity index (χ3v) is 5.75. The summed E-state index contributed by atoms with van der Waals surface area (Å²) in [5.41, 5.74) is 4.48. The molecule has 0 atom stereocenters. The third-order valence-electron chi connectivity index (χ3n) is 5.57. The first-order chi connectivity index (χ1) is 16.4. The highest BCUT2D eigenvalue weighted by atomic mass is 35.5. The van der Waals surface area contributed by atoms with Crippen molar-refractivity contribution in [2.45, 2.75) is 65.7 Å². The second-order valence-electron chi connectivity index (χ2n) is 8.27. The van der Waals surface area contributed by atoms with Crippen LogP contribution in [-0.2, 0) is 11.2 Å². The van der Waals surface area contributed by atoms with Crippen molar-refractivity contribution in [3.63, 3.8) is 0 Å². The largest absolute Gasteiger partial charge is 0.481 e. The van der Waals surface area contributed by atoms with Gasteiger partial charge in [-0.3, -0.25) is 9.59 Å². The lowest BCUT2D eigenvalue weighted by Gasteiger charge is -2.22. The predicted octanol–water partition coefficient (Wildman–Crippen LogP) is 6.28. The number of carboxylic acid groups (broad SMARTS) is 1. The summed E-state index contributed by atoms with van der Waals surface area (Å²) in [7, 11) is 0. The van der Waals surface area contributed by atoms with Gasteiger partial charge < -0.3 is 10.0 Å². The number of hydrogen-bond donors (Lipinski definition) is 1. The Morgan fingerprint density at radius 1 is 1.06 bits per heavy atom. The number of nitrogens with zero attached hydrogens (tertiary/aromatic N) is 3. The molecule has 0 radical (unpaired) electrons. The molecule has 1 aromatic carbocycles. The van der Waals surface area contributed by atoms with E-state index in [0.29, 0.717) is 36.2 Å². The Balaban J connectivity index is 2.45. The summed E-state index contributed by atoms with van der Waals surface area (Å²) in [6.07, 6.45) is 10.7. The minimum Gasteiger partial charge on any atom is -0.481 e. The van der Waals surface area contributed by atoms with E-state index < -0.39 is 5.97 Å². The van der Waals surface area contributed by atoms with E-state index >= 15 is 0 Å². The number of carboxylic acids is 1. The number of allylic oxidation sites excluding steroid dienone is 4. The van der Waals surface area contributed by atoms with Gasteiger partial charge in [-0.25, -0.2) is 9.97 Å². The Morgan fingerprint density at radius 3 is 2.50 bits per heavy atom. The number of aromatic nitrogens is 2. The quantitative estimate of drug-likeness (QED) is 0.193. The molecule has 1 aromatic heterocycles. The molecule has 2 rings (SSSR count). The molecule has 1 amide bonds. The maximum atomic E-state index is 13.2. The first kappa shape index (κ1) is 27.5. The summed E-state index contributed by atoms with van der Waals surface area (Å²) >= 11 is 5.84. The standard InChI is InChI=1S/C27H36ClN3O3/c1-4-7-18-31(17-5-2)27(34)21-14-15-22-24(19-21)29-23(12-8-9-13-25(32)33)26(30-22)20(6-3)11-10-16-28/h6,10-11,14-15,19H,4-5,7-9,12-13,16-18H2,1-3H3,(H,32,33)/b11-10-,20-6+. The van der Waals surface area contributed by atoms with Gasteiger partial charge in [0.15, 0.2) is 0 Å². The molecule has 0 saturated heterocycles. The van der Waals surface area contributed by atoms with Gasteiger partial charge in [-0.15, -0.1) is 11.6 Å². The van der Waals surface area contributed by atoms with Crippen LogP contribution in [0, 0.1) is 0 Å². The number of carbonyl (C=O) groups excluding carboxylic acids is 1. The highest BCUT2D eigenvalue weighted by Crippen LogP contribution is 2.24. The molecule has 6 nitrogen and oxygen atoms in total. The van der Waals surface area contributed by atoms with Crippen molar-refractivity contribution in [3.05, 3.63) is 53.4 Å². The van der Waals surface area contributed by atoms with E-state index in [0.717, 1.165) is 54.8 Å². The topological polar surface area (TPSA) is 83.4 Å². The molecule has 0 saturated carbocycles. The maximum absolute atomic E-state index is 13.2. The van der Waals surface area contributed by atoms with Crippen LogP contribution >= 0.6 is 11.6 Å². The Hall–Kier alpha value is -2.73. The summed E-state index contributed by atoms with van der Waals surface area (Å²) in [5, 5.41) is 8.95. The molecule has 0 spiro atoms. The summed E-state index contributed by atoms with van der Waals surface area (Å²) in [6.45, 7) is 7.62. The van der Waals surface area contributed by atoms with Crippen LogP contribution in [0.25, 0.3) is 16.6 Å². The summed E-state index contributed by atoms with van der Waals surface area (Å²) in [4.78, 5) is 35.8. The highest BCUT2D eigenvalue weighted by Gasteiger charge is 2.17. The summed E-state index contributed by atoms with van der Waals surface area (Å²) in [6, 6.07) is 5.51. The Labute approximate surface area is 207 Å². The first-order valence-corrected chi connectivity index (χ1v) is 12.7. The van der Waals surface area contributed by atoms with E-state index in [1.54, 1.807) is 0 Å². The van der Waals surface area contributed by atoms with Gasteiger partial charge >= 0.3 is 5.97 Å². The number of halogens is 1. The number of fused-ring (bicyclic) bond motifs is 1. The molecule has 1 N–H and O–H groups in total. The monoisotopic (exact) mass is 485 g/mol. The van der Waals surface area contributed by atoms with E-state index in [1.165, 1.54) is 0 Å². The second kappa shape index (κ2) is 14.5. The lowest BCUT2D eigenvalue weighted by Crippen LogP contribution is -2.32. The molecule has 0 aliphatic heterocycles. The first-order valence-electron chi connectivity index (χ1n) is 12.2. The molecule has 0 bridgehead atoms. The van der Waals surface area contributed by atoms with E-state index in [1.807, 2.05) is 48.3 Å². The Bertz CT molecular complexity index is 1030. The SMILES string of the molecule is C/C=C(\C=C/CCl)c1nc2ccc(C(=O)N(CCC)CCCC)cc2nc1CCCCC(=O)O. The van der Waals surface area contributed by atoms with Crippen LogP contribution in [0.1, 0.15) is 81.0 Å². The minimum atomic E-state index is -0.799. The number of benzene rings is 1. The van der Waals surface area contributed by atoms with Crippen molar-refractivity contribution in [2.75, 3.05) is 19.0 Å². The number of aliphatic carboxylic acids is 1. The minimum absolute atomic E-state index is 0.0188. The molecule has 34 heavy (non-hydrogen) atoms. The molecule has 0 aliphatic carbocycles. The van der Waals surface area contributed by atoms with Gasteiger partial charge in [0, 0.05) is 31.0 Å². The number of carbonyl (C=O) groups is 2. The molecule has 0 unspecified atom stereocenters. The molecule has 0 fully saturated rings. The second-order valence-corrected chi connectivity index (χ2v) is 8.58. The average Bonchev–Trinajstić information content (AvgIpc) is 2.83. The van der Waals surface area contributed by atoms with Crippen LogP contribution in [-0.4, -0.2) is 50.8 Å². The number of unbranched alkanes of at least 4 members (excludes halogenated alkanes) is 2. The molecule has 1 heterocycles. The zero-order valence-electron chi connectivity index (χ0n) is 20.5. The average molecular weight is 486 g/mol. The maximum Gasteiger partial charge on any atom is 0.303 e. The van der Waals surface area contributed by atoms with Crippen molar-refractivity contribution in [2.24, 2.45) is 0 Å². The van der Waals surface area contributed by atoms with Crippen LogP contribution in [0.5, 0.6) is 0 Å². The van der Waals surface area contributed by atoms with Crippen LogP contribution in [0.15, 0.2) is 36.4 Å². The van der Waals surface area contributed by atoms with Gasteiger partial charge in [-0.05, 0) is 62.8 Å². The zero-order valence-corrected chi connectivity index (χ0v) is 21.3. The Morgan fingerprint density at radius 2 is 1.85 bits per heavy atom. The summed E-state index contributed by atoms with van der Waals surface area (Å²) < 4.78 is 0.